The zero-order valence-corrected chi connectivity index (χ0v) is 13.7. The zero-order valence-electron chi connectivity index (χ0n) is 13.7. The van der Waals surface area contributed by atoms with Crippen LogP contribution in [0.5, 0.6) is 11.5 Å². The third kappa shape index (κ3) is 2.59. The van der Waals surface area contributed by atoms with Crippen molar-refractivity contribution in [2.75, 3.05) is 0 Å². The summed E-state index contributed by atoms with van der Waals surface area (Å²) >= 11 is 0. The molecule has 4 heteroatoms. The van der Waals surface area contributed by atoms with Gasteiger partial charge in [-0.3, -0.25) is 0 Å². The average Bonchev–Trinajstić information content (AvgIpc) is 2.42. The van der Waals surface area contributed by atoms with Gasteiger partial charge in [0, 0.05) is 12.0 Å². The number of hydrogen-bond acceptors (Lipinski definition) is 4. The van der Waals surface area contributed by atoms with Crippen molar-refractivity contribution in [3.63, 3.8) is 0 Å². The summed E-state index contributed by atoms with van der Waals surface area (Å²) in [5.74, 6) is 0.714. The van der Waals surface area contributed by atoms with Crippen molar-refractivity contribution in [1.29, 1.82) is 0 Å². The quantitative estimate of drug-likeness (QED) is 0.849. The third-order valence-electron chi connectivity index (χ3n) is 4.29. The Balaban J connectivity index is 2.43. The van der Waals surface area contributed by atoms with Crippen molar-refractivity contribution >= 4 is 5.97 Å². The second kappa shape index (κ2) is 5.24. The lowest BCUT2D eigenvalue weighted by molar-refractivity contribution is -0.166. The highest BCUT2D eigenvalue weighted by Crippen LogP contribution is 2.43. The minimum atomic E-state index is -0.960. The molecular weight excluding hydrogens is 268 g/mol. The molecule has 0 saturated carbocycles. The van der Waals surface area contributed by atoms with E-state index in [1.54, 1.807) is 6.92 Å². The Bertz CT molecular complexity index is 589. The molecule has 1 unspecified atom stereocenters. The molecule has 1 aliphatic rings. The molecule has 0 spiro atoms. The summed E-state index contributed by atoms with van der Waals surface area (Å²) in [5, 5.41) is 10.2. The maximum absolute atomic E-state index is 12.3. The van der Waals surface area contributed by atoms with E-state index in [0.717, 1.165) is 28.0 Å². The summed E-state index contributed by atoms with van der Waals surface area (Å²) in [5.41, 5.74) is 2.56. The molecule has 0 aromatic heterocycles. The van der Waals surface area contributed by atoms with Crippen LogP contribution in [-0.2, 0) is 16.0 Å². The number of carbonyl (C=O) groups excluding carboxylic acids is 1. The number of fused-ring (bicyclic) bond motifs is 1. The summed E-state index contributed by atoms with van der Waals surface area (Å²) in [6.45, 7) is 11.1. The van der Waals surface area contributed by atoms with Gasteiger partial charge in [0.05, 0.1) is 6.10 Å². The molecule has 0 aliphatic carbocycles. The van der Waals surface area contributed by atoms with Crippen LogP contribution in [0.4, 0.5) is 0 Å². The van der Waals surface area contributed by atoms with Crippen LogP contribution in [0, 0.1) is 20.8 Å². The fourth-order valence-corrected chi connectivity index (χ4v) is 2.73. The molecule has 1 aromatic rings. The maximum Gasteiger partial charge on any atom is 0.350 e. The Morgan fingerprint density at radius 1 is 1.24 bits per heavy atom. The molecule has 0 saturated heterocycles. The highest BCUT2D eigenvalue weighted by Gasteiger charge is 2.42. The van der Waals surface area contributed by atoms with Gasteiger partial charge in [0.25, 0.3) is 0 Å². The molecule has 0 bridgehead atoms. The number of esters is 1. The fourth-order valence-electron chi connectivity index (χ4n) is 2.73. The molecule has 21 heavy (non-hydrogen) atoms. The van der Waals surface area contributed by atoms with E-state index in [-0.39, 0.29) is 12.1 Å². The molecule has 2 rings (SSSR count). The van der Waals surface area contributed by atoms with E-state index >= 15 is 0 Å². The lowest BCUT2D eigenvalue weighted by Crippen LogP contribution is -2.46. The molecule has 1 atom stereocenters. The predicted molar refractivity (Wildman–Crippen MR) is 80.9 cm³/mol. The predicted octanol–water partition coefficient (Wildman–Crippen LogP) is 3.35. The summed E-state index contributed by atoms with van der Waals surface area (Å²) in [6.07, 6.45) is 1.08. The van der Waals surface area contributed by atoms with Crippen LogP contribution in [0.2, 0.25) is 0 Å². The molecule has 1 N–H and O–H groups in total. The largest absolute Gasteiger partial charge is 0.507 e. The Kier molecular flexibility index (Phi) is 3.91. The Morgan fingerprint density at radius 3 is 2.43 bits per heavy atom. The van der Waals surface area contributed by atoms with Crippen LogP contribution in [0.1, 0.15) is 49.4 Å². The number of carbonyl (C=O) groups is 1. The maximum atomic E-state index is 12.3. The zero-order chi connectivity index (χ0) is 15.9. The first-order valence-electron chi connectivity index (χ1n) is 7.39. The number of hydrogen-bond donors (Lipinski definition) is 1. The number of ether oxygens (including phenoxy) is 2. The molecule has 0 amide bonds. The topological polar surface area (TPSA) is 55.8 Å². The van der Waals surface area contributed by atoms with Gasteiger partial charge in [0.15, 0.2) is 0 Å². The van der Waals surface area contributed by atoms with Crippen molar-refractivity contribution < 1.29 is 19.4 Å². The van der Waals surface area contributed by atoms with E-state index in [2.05, 4.69) is 0 Å². The first kappa shape index (κ1) is 15.7. The number of phenols is 1. The Hall–Kier alpha value is -1.71. The minimum absolute atomic E-state index is 0.163. The van der Waals surface area contributed by atoms with Crippen molar-refractivity contribution in [3.8, 4) is 11.5 Å². The van der Waals surface area contributed by atoms with Crippen molar-refractivity contribution in [1.82, 2.24) is 0 Å². The van der Waals surface area contributed by atoms with E-state index in [9.17, 15) is 9.90 Å². The van der Waals surface area contributed by atoms with Crippen LogP contribution < -0.4 is 4.74 Å². The summed E-state index contributed by atoms with van der Waals surface area (Å²) in [7, 11) is 0. The standard InChI is InChI=1S/C17H24O4/c1-9(2)20-16(19)17(6)8-7-13-12(5)14(18)10(3)11(4)15(13)21-17/h9,18H,7-8H2,1-6H3. The monoisotopic (exact) mass is 292 g/mol. The van der Waals surface area contributed by atoms with Crippen LogP contribution in [-0.4, -0.2) is 22.8 Å². The van der Waals surface area contributed by atoms with Gasteiger partial charge in [-0.1, -0.05) is 0 Å². The lowest BCUT2D eigenvalue weighted by atomic mass is 9.87. The number of rotatable bonds is 2. The van der Waals surface area contributed by atoms with Gasteiger partial charge >= 0.3 is 5.97 Å². The van der Waals surface area contributed by atoms with E-state index < -0.39 is 5.60 Å². The molecule has 1 aromatic carbocycles. The van der Waals surface area contributed by atoms with Crippen molar-refractivity contribution in [3.05, 3.63) is 22.3 Å². The highest BCUT2D eigenvalue weighted by atomic mass is 16.6. The van der Waals surface area contributed by atoms with Gasteiger partial charge in [-0.05, 0) is 64.7 Å². The molecule has 116 valence electrons. The number of benzene rings is 1. The van der Waals surface area contributed by atoms with Gasteiger partial charge in [-0.15, -0.1) is 0 Å². The van der Waals surface area contributed by atoms with Crippen molar-refractivity contribution in [2.45, 2.75) is 66.1 Å². The number of phenolic OH excluding ortho intramolecular Hbond substituents is 1. The molecule has 0 radical (unpaired) electrons. The van der Waals surface area contributed by atoms with E-state index in [4.69, 9.17) is 9.47 Å². The molecule has 4 nitrogen and oxygen atoms in total. The summed E-state index contributed by atoms with van der Waals surface area (Å²) in [4.78, 5) is 12.3. The normalized spacial score (nSPS) is 20.9. The first-order valence-corrected chi connectivity index (χ1v) is 7.39. The molecule has 0 fully saturated rings. The molecule has 1 heterocycles. The van der Waals surface area contributed by atoms with Gasteiger partial charge < -0.3 is 14.6 Å². The van der Waals surface area contributed by atoms with Crippen LogP contribution in [0.3, 0.4) is 0 Å². The Labute approximate surface area is 126 Å². The van der Waals surface area contributed by atoms with E-state index in [1.807, 2.05) is 34.6 Å². The second-order valence-electron chi connectivity index (χ2n) is 6.32. The van der Waals surface area contributed by atoms with E-state index in [0.29, 0.717) is 18.6 Å². The lowest BCUT2D eigenvalue weighted by Gasteiger charge is -2.36. The minimum Gasteiger partial charge on any atom is -0.507 e. The van der Waals surface area contributed by atoms with Crippen LogP contribution in [0.15, 0.2) is 0 Å². The third-order valence-corrected chi connectivity index (χ3v) is 4.29. The Morgan fingerprint density at radius 2 is 1.86 bits per heavy atom. The van der Waals surface area contributed by atoms with Crippen LogP contribution in [0.25, 0.3) is 0 Å². The molecule has 1 aliphatic heterocycles. The average molecular weight is 292 g/mol. The fraction of sp³-hybridized carbons (Fsp3) is 0.588. The van der Waals surface area contributed by atoms with Crippen molar-refractivity contribution in [2.24, 2.45) is 0 Å². The van der Waals surface area contributed by atoms with Gasteiger partial charge in [-0.25, -0.2) is 4.79 Å². The van der Waals surface area contributed by atoms with Gasteiger partial charge in [-0.2, -0.15) is 0 Å². The smallest absolute Gasteiger partial charge is 0.350 e. The summed E-state index contributed by atoms with van der Waals surface area (Å²) in [6, 6.07) is 0. The first-order chi connectivity index (χ1) is 9.67. The van der Waals surface area contributed by atoms with Gasteiger partial charge in [0.1, 0.15) is 11.5 Å². The SMILES string of the molecule is Cc1c(C)c2c(c(C)c1O)CCC(C)(C(=O)OC(C)C)O2. The summed E-state index contributed by atoms with van der Waals surface area (Å²) < 4.78 is 11.4. The van der Waals surface area contributed by atoms with Crippen LogP contribution >= 0.6 is 0 Å². The molecular formula is C17H24O4. The number of aromatic hydroxyl groups is 1. The second-order valence-corrected chi connectivity index (χ2v) is 6.32. The van der Waals surface area contributed by atoms with Gasteiger partial charge in [0.2, 0.25) is 5.60 Å². The van der Waals surface area contributed by atoms with E-state index in [1.165, 1.54) is 0 Å². The highest BCUT2D eigenvalue weighted by molar-refractivity contribution is 5.80.